The largest absolute Gasteiger partial charge is 0.456 e. The fourth-order valence-corrected chi connectivity index (χ4v) is 2.57. The molecule has 1 atom stereocenters. The van der Waals surface area contributed by atoms with Gasteiger partial charge in [-0.15, -0.1) is 0 Å². The molecule has 1 heterocycles. The lowest BCUT2D eigenvalue weighted by Gasteiger charge is -2.18. The van der Waals surface area contributed by atoms with E-state index in [1.807, 2.05) is 0 Å². The lowest BCUT2D eigenvalue weighted by molar-refractivity contribution is -0.146. The molecule has 1 saturated heterocycles. The first kappa shape index (κ1) is 21.1. The van der Waals surface area contributed by atoms with Gasteiger partial charge in [0, 0.05) is 19.0 Å². The summed E-state index contributed by atoms with van der Waals surface area (Å²) in [6.07, 6.45) is 0.388. The summed E-state index contributed by atoms with van der Waals surface area (Å²) in [7, 11) is 0. The lowest BCUT2D eigenvalue weighted by atomic mass is 9.99. The van der Waals surface area contributed by atoms with Gasteiger partial charge in [-0.1, -0.05) is 31.2 Å². The van der Waals surface area contributed by atoms with E-state index in [0.29, 0.717) is 18.5 Å². The molecule has 1 fully saturated rings. The number of ether oxygens (including phenoxy) is 1. The third kappa shape index (κ3) is 4.93. The molecule has 1 aromatic rings. The topological polar surface area (TPSA) is 122 Å². The van der Waals surface area contributed by atoms with Crippen molar-refractivity contribution in [1.82, 2.24) is 15.5 Å². The van der Waals surface area contributed by atoms with E-state index in [-0.39, 0.29) is 5.91 Å². The highest BCUT2D eigenvalue weighted by atomic mass is 16.5. The number of rotatable bonds is 8. The van der Waals surface area contributed by atoms with Crippen LogP contribution in [0.15, 0.2) is 24.3 Å². The minimum atomic E-state index is -1.04. The van der Waals surface area contributed by atoms with Gasteiger partial charge in [-0.25, -0.2) is 4.79 Å². The Morgan fingerprint density at radius 2 is 1.82 bits per heavy atom. The molecule has 0 spiro atoms. The van der Waals surface area contributed by atoms with E-state index in [2.05, 4.69) is 10.6 Å². The molecule has 9 heteroatoms. The number of carbonyl (C=O) groups excluding carboxylic acids is 5. The normalized spacial score (nSPS) is 18.6. The summed E-state index contributed by atoms with van der Waals surface area (Å²) < 4.78 is 4.91. The number of nitrogens with zero attached hydrogens (tertiary/aromatic N) is 1. The number of amides is 4. The van der Waals surface area contributed by atoms with Crippen molar-refractivity contribution in [1.29, 1.82) is 0 Å². The SMILES string of the molecule is CC[C@]1(C)NC(=O)N(CC(=O)OCC(=O)c2ccc(CNC(C)=O)cc2)C1=O. The third-order valence-electron chi connectivity index (χ3n) is 4.52. The number of carbonyl (C=O) groups is 5. The third-order valence-corrected chi connectivity index (χ3v) is 4.52. The highest BCUT2D eigenvalue weighted by molar-refractivity contribution is 6.08. The van der Waals surface area contributed by atoms with Crippen LogP contribution in [0.3, 0.4) is 0 Å². The summed E-state index contributed by atoms with van der Waals surface area (Å²) in [5.74, 6) is -1.93. The number of hydrogen-bond donors (Lipinski definition) is 2. The van der Waals surface area contributed by atoms with Crippen molar-refractivity contribution < 1.29 is 28.7 Å². The number of nitrogens with one attached hydrogen (secondary N) is 2. The van der Waals surface area contributed by atoms with Crippen molar-refractivity contribution in [3.63, 3.8) is 0 Å². The number of Topliss-reactive ketones (excluding diaryl/α,β-unsaturated/α-hetero) is 1. The first-order chi connectivity index (χ1) is 13.2. The Bertz CT molecular complexity index is 804. The predicted molar refractivity (Wildman–Crippen MR) is 98.2 cm³/mol. The van der Waals surface area contributed by atoms with Crippen LogP contribution in [0.2, 0.25) is 0 Å². The van der Waals surface area contributed by atoms with Crippen LogP contribution in [-0.2, 0) is 25.7 Å². The molecule has 9 nitrogen and oxygen atoms in total. The second-order valence-electron chi connectivity index (χ2n) is 6.70. The molecule has 0 radical (unpaired) electrons. The van der Waals surface area contributed by atoms with Crippen molar-refractivity contribution in [2.24, 2.45) is 0 Å². The molecule has 0 unspecified atom stereocenters. The molecule has 28 heavy (non-hydrogen) atoms. The van der Waals surface area contributed by atoms with Gasteiger partial charge >= 0.3 is 12.0 Å². The van der Waals surface area contributed by atoms with Gasteiger partial charge in [-0.05, 0) is 18.9 Å². The first-order valence-electron chi connectivity index (χ1n) is 8.82. The Morgan fingerprint density at radius 1 is 1.18 bits per heavy atom. The molecule has 1 aliphatic heterocycles. The molecule has 0 aliphatic carbocycles. The van der Waals surface area contributed by atoms with Crippen molar-refractivity contribution in [3.8, 4) is 0 Å². The van der Waals surface area contributed by atoms with E-state index in [4.69, 9.17) is 4.74 Å². The first-order valence-corrected chi connectivity index (χ1v) is 8.82. The minimum absolute atomic E-state index is 0.156. The van der Waals surface area contributed by atoms with E-state index in [1.54, 1.807) is 38.1 Å². The molecular weight excluding hydrogens is 366 g/mol. The molecule has 0 aromatic heterocycles. The summed E-state index contributed by atoms with van der Waals surface area (Å²) in [5.41, 5.74) is 0.126. The van der Waals surface area contributed by atoms with Crippen LogP contribution in [0, 0.1) is 0 Å². The second kappa shape index (κ2) is 8.64. The van der Waals surface area contributed by atoms with E-state index in [1.165, 1.54) is 6.92 Å². The van der Waals surface area contributed by atoms with Crippen LogP contribution < -0.4 is 10.6 Å². The summed E-state index contributed by atoms with van der Waals surface area (Å²) in [6, 6.07) is 5.84. The number of hydrogen-bond acceptors (Lipinski definition) is 6. The van der Waals surface area contributed by atoms with E-state index in [9.17, 15) is 24.0 Å². The molecule has 0 saturated carbocycles. The maximum atomic E-state index is 12.2. The van der Waals surface area contributed by atoms with Gasteiger partial charge in [-0.3, -0.25) is 24.1 Å². The number of ketones is 1. The number of urea groups is 1. The van der Waals surface area contributed by atoms with Crippen molar-refractivity contribution in [2.75, 3.05) is 13.2 Å². The van der Waals surface area contributed by atoms with Crippen LogP contribution >= 0.6 is 0 Å². The molecule has 1 aliphatic rings. The Morgan fingerprint density at radius 3 is 2.36 bits per heavy atom. The van der Waals surface area contributed by atoms with Gasteiger partial charge < -0.3 is 15.4 Å². The van der Waals surface area contributed by atoms with Crippen molar-refractivity contribution >= 4 is 29.6 Å². The van der Waals surface area contributed by atoms with Crippen molar-refractivity contribution in [2.45, 2.75) is 39.3 Å². The summed E-state index contributed by atoms with van der Waals surface area (Å²) >= 11 is 0. The highest BCUT2D eigenvalue weighted by Crippen LogP contribution is 2.20. The number of esters is 1. The van der Waals surface area contributed by atoms with Gasteiger partial charge in [-0.2, -0.15) is 0 Å². The van der Waals surface area contributed by atoms with Crippen LogP contribution in [0.25, 0.3) is 0 Å². The molecule has 0 bridgehead atoms. The zero-order chi connectivity index (χ0) is 20.9. The summed E-state index contributed by atoms with van der Waals surface area (Å²) in [6.45, 7) is 4.04. The van der Waals surface area contributed by atoms with E-state index < -0.39 is 42.4 Å². The zero-order valence-electron chi connectivity index (χ0n) is 16.0. The molecule has 1 aromatic carbocycles. The quantitative estimate of drug-likeness (QED) is 0.385. The molecule has 150 valence electrons. The molecule has 4 amide bonds. The van der Waals surface area contributed by atoms with Crippen LogP contribution in [0.4, 0.5) is 4.79 Å². The van der Waals surface area contributed by atoms with Crippen LogP contribution in [0.1, 0.15) is 43.1 Å². The highest BCUT2D eigenvalue weighted by Gasteiger charge is 2.47. The maximum absolute atomic E-state index is 12.2. The Hall–Kier alpha value is -3.23. The fourth-order valence-electron chi connectivity index (χ4n) is 2.57. The predicted octanol–water partition coefficient (Wildman–Crippen LogP) is 0.769. The lowest BCUT2D eigenvalue weighted by Crippen LogP contribution is -2.43. The monoisotopic (exact) mass is 389 g/mol. The molecule has 2 rings (SSSR count). The fraction of sp³-hybridized carbons (Fsp3) is 0.421. The number of benzene rings is 1. The Kier molecular flexibility index (Phi) is 6.50. The molecular formula is C19H23N3O6. The van der Waals surface area contributed by atoms with Crippen LogP contribution in [-0.4, -0.2) is 53.2 Å². The standard InChI is InChI=1S/C19H23N3O6/c1-4-19(3)17(26)22(18(27)21-19)10-16(25)28-11-15(24)14-7-5-13(6-8-14)9-20-12(2)23/h5-8H,4,9-11H2,1-3H3,(H,20,23)(H,21,27)/t19-/m0/s1. The van der Waals surface area contributed by atoms with Gasteiger partial charge in [0.2, 0.25) is 5.91 Å². The second-order valence-corrected chi connectivity index (χ2v) is 6.70. The summed E-state index contributed by atoms with van der Waals surface area (Å²) in [5, 5.41) is 5.18. The number of imide groups is 1. The van der Waals surface area contributed by atoms with Gasteiger partial charge in [0.25, 0.3) is 5.91 Å². The van der Waals surface area contributed by atoms with Gasteiger partial charge in [0.05, 0.1) is 0 Å². The Labute approximate surface area is 162 Å². The average Bonchev–Trinajstić information content (AvgIpc) is 2.88. The van der Waals surface area contributed by atoms with E-state index >= 15 is 0 Å². The van der Waals surface area contributed by atoms with Crippen LogP contribution in [0.5, 0.6) is 0 Å². The molecule has 2 N–H and O–H groups in total. The van der Waals surface area contributed by atoms with Gasteiger partial charge in [0.15, 0.2) is 12.4 Å². The Balaban J connectivity index is 1.85. The minimum Gasteiger partial charge on any atom is -0.456 e. The van der Waals surface area contributed by atoms with Gasteiger partial charge in [0.1, 0.15) is 12.1 Å². The van der Waals surface area contributed by atoms with Crippen molar-refractivity contribution in [3.05, 3.63) is 35.4 Å². The summed E-state index contributed by atoms with van der Waals surface area (Å²) in [4.78, 5) is 59.9. The van der Waals surface area contributed by atoms with E-state index in [0.717, 1.165) is 10.5 Å². The smallest absolute Gasteiger partial charge is 0.326 e. The zero-order valence-corrected chi connectivity index (χ0v) is 16.0. The maximum Gasteiger partial charge on any atom is 0.326 e. The average molecular weight is 389 g/mol.